The number of nitrogens with zero attached hydrogens (tertiary/aromatic N) is 1. The smallest absolute Gasteiger partial charge is 0.00475 e. The molecule has 0 aromatic carbocycles. The van der Waals surface area contributed by atoms with Crippen LogP contribution in [-0.4, -0.2) is 37.1 Å². The van der Waals surface area contributed by atoms with E-state index in [4.69, 9.17) is 0 Å². The van der Waals surface area contributed by atoms with Gasteiger partial charge in [0.15, 0.2) is 0 Å². The highest BCUT2D eigenvalue weighted by molar-refractivity contribution is 4.88. The first-order valence-corrected chi connectivity index (χ1v) is 8.12. The van der Waals surface area contributed by atoms with Gasteiger partial charge in [0.1, 0.15) is 0 Å². The third kappa shape index (κ3) is 5.43. The Morgan fingerprint density at radius 3 is 2.26 bits per heavy atom. The summed E-state index contributed by atoms with van der Waals surface area (Å²) in [7, 11) is 0. The van der Waals surface area contributed by atoms with Gasteiger partial charge in [-0.15, -0.1) is 0 Å². The highest BCUT2D eigenvalue weighted by Gasteiger charge is 2.34. The lowest BCUT2D eigenvalue weighted by molar-refractivity contribution is 0.158. The Labute approximate surface area is 121 Å². The lowest BCUT2D eigenvalue weighted by Gasteiger charge is -2.35. The van der Waals surface area contributed by atoms with Crippen LogP contribution >= 0.6 is 0 Å². The second-order valence-corrected chi connectivity index (χ2v) is 8.29. The van der Waals surface area contributed by atoms with Gasteiger partial charge in [0.05, 0.1) is 0 Å². The molecule has 2 nitrogen and oxygen atoms in total. The zero-order valence-electron chi connectivity index (χ0n) is 14.3. The Morgan fingerprint density at radius 1 is 1.21 bits per heavy atom. The topological polar surface area (TPSA) is 15.3 Å². The summed E-state index contributed by atoms with van der Waals surface area (Å²) in [5.74, 6) is 0.867. The molecule has 0 aliphatic carbocycles. The summed E-state index contributed by atoms with van der Waals surface area (Å²) in [6.07, 6.45) is 2.63. The van der Waals surface area contributed by atoms with Gasteiger partial charge in [0, 0.05) is 25.7 Å². The van der Waals surface area contributed by atoms with E-state index in [1.807, 2.05) is 0 Å². The van der Waals surface area contributed by atoms with Gasteiger partial charge in [-0.1, -0.05) is 48.5 Å². The van der Waals surface area contributed by atoms with E-state index in [1.165, 1.54) is 32.5 Å². The molecule has 1 rings (SSSR count). The van der Waals surface area contributed by atoms with Crippen LogP contribution in [0, 0.1) is 16.7 Å². The van der Waals surface area contributed by atoms with Gasteiger partial charge in [-0.3, -0.25) is 0 Å². The summed E-state index contributed by atoms with van der Waals surface area (Å²) < 4.78 is 0. The zero-order valence-corrected chi connectivity index (χ0v) is 14.3. The summed E-state index contributed by atoms with van der Waals surface area (Å²) in [5, 5.41) is 3.63. The average Bonchev–Trinajstić information content (AvgIpc) is 2.74. The van der Waals surface area contributed by atoms with E-state index < -0.39 is 0 Å². The fourth-order valence-corrected chi connectivity index (χ4v) is 2.97. The molecule has 1 saturated heterocycles. The molecule has 1 fully saturated rings. The van der Waals surface area contributed by atoms with Gasteiger partial charge in [-0.25, -0.2) is 0 Å². The third-order valence-electron chi connectivity index (χ3n) is 4.89. The first-order chi connectivity index (χ1) is 8.66. The maximum absolute atomic E-state index is 3.63. The average molecular weight is 268 g/mol. The molecule has 1 aliphatic heterocycles. The van der Waals surface area contributed by atoms with Crippen molar-refractivity contribution in [2.75, 3.05) is 26.2 Å². The molecule has 0 bridgehead atoms. The number of likely N-dealkylation sites (tertiary alicyclic amines) is 1. The van der Waals surface area contributed by atoms with E-state index in [9.17, 15) is 0 Å². The van der Waals surface area contributed by atoms with Crippen molar-refractivity contribution in [3.63, 3.8) is 0 Å². The van der Waals surface area contributed by atoms with Crippen LogP contribution in [0.2, 0.25) is 0 Å². The largest absolute Gasteiger partial charge is 0.314 e. The standard InChI is InChI=1S/C17H36N2/c1-8-17(7,12-18-14(2)3)13-19-10-9-15(11-19)16(4,5)6/h14-15,18H,8-13H2,1-7H3. The van der Waals surface area contributed by atoms with E-state index in [0.29, 0.717) is 16.9 Å². The molecule has 0 aromatic rings. The molecule has 0 saturated carbocycles. The van der Waals surface area contributed by atoms with Crippen molar-refractivity contribution in [3.8, 4) is 0 Å². The van der Waals surface area contributed by atoms with Crippen LogP contribution in [0.3, 0.4) is 0 Å². The minimum atomic E-state index is 0.414. The molecule has 1 N–H and O–H groups in total. The van der Waals surface area contributed by atoms with Gasteiger partial charge in [-0.2, -0.15) is 0 Å². The zero-order chi connectivity index (χ0) is 14.7. The highest BCUT2D eigenvalue weighted by Crippen LogP contribution is 2.35. The molecule has 2 unspecified atom stereocenters. The SMILES string of the molecule is CCC(C)(CNC(C)C)CN1CCC(C(C)(C)C)C1. The Bertz CT molecular complexity index is 267. The van der Waals surface area contributed by atoms with Gasteiger partial charge in [0.25, 0.3) is 0 Å². The number of hydrogen-bond donors (Lipinski definition) is 1. The predicted octanol–water partition coefficient (Wildman–Crippen LogP) is 3.77. The van der Waals surface area contributed by atoms with Gasteiger partial charge in [0.2, 0.25) is 0 Å². The van der Waals surface area contributed by atoms with Gasteiger partial charge < -0.3 is 10.2 Å². The van der Waals surface area contributed by atoms with Crippen LogP contribution in [0.15, 0.2) is 0 Å². The lowest BCUT2D eigenvalue weighted by atomic mass is 9.80. The Morgan fingerprint density at radius 2 is 1.84 bits per heavy atom. The maximum Gasteiger partial charge on any atom is 0.00475 e. The summed E-state index contributed by atoms with van der Waals surface area (Å²) in [6.45, 7) is 21.4. The summed E-state index contributed by atoms with van der Waals surface area (Å²) in [6, 6.07) is 0.590. The molecule has 0 amide bonds. The molecule has 2 atom stereocenters. The fourth-order valence-electron chi connectivity index (χ4n) is 2.97. The number of nitrogens with one attached hydrogen (secondary N) is 1. The molecule has 1 aliphatic rings. The van der Waals surface area contributed by atoms with Crippen LogP contribution in [0.25, 0.3) is 0 Å². The molecular weight excluding hydrogens is 232 g/mol. The van der Waals surface area contributed by atoms with Crippen molar-refractivity contribution in [1.29, 1.82) is 0 Å². The van der Waals surface area contributed by atoms with Crippen LogP contribution in [0.5, 0.6) is 0 Å². The lowest BCUT2D eigenvalue weighted by Crippen LogP contribution is -2.43. The minimum Gasteiger partial charge on any atom is -0.314 e. The molecule has 19 heavy (non-hydrogen) atoms. The summed E-state index contributed by atoms with van der Waals surface area (Å²) in [4.78, 5) is 2.70. The molecule has 1 heterocycles. The monoisotopic (exact) mass is 268 g/mol. The van der Waals surface area contributed by atoms with E-state index >= 15 is 0 Å². The van der Waals surface area contributed by atoms with Crippen molar-refractivity contribution in [2.24, 2.45) is 16.7 Å². The van der Waals surface area contributed by atoms with Crippen LogP contribution in [0.1, 0.15) is 61.3 Å². The Balaban J connectivity index is 2.49. The highest BCUT2D eigenvalue weighted by atomic mass is 15.2. The quantitative estimate of drug-likeness (QED) is 0.789. The van der Waals surface area contributed by atoms with Crippen LogP contribution < -0.4 is 5.32 Å². The van der Waals surface area contributed by atoms with E-state index in [2.05, 4.69) is 58.7 Å². The molecular formula is C17H36N2. The maximum atomic E-state index is 3.63. The van der Waals surface area contributed by atoms with Crippen molar-refractivity contribution in [2.45, 2.75) is 67.3 Å². The number of rotatable bonds is 6. The second-order valence-electron chi connectivity index (χ2n) is 8.29. The predicted molar refractivity (Wildman–Crippen MR) is 85.5 cm³/mol. The number of hydrogen-bond acceptors (Lipinski definition) is 2. The fraction of sp³-hybridized carbons (Fsp3) is 1.00. The molecule has 0 aromatic heterocycles. The van der Waals surface area contributed by atoms with Crippen LogP contribution in [-0.2, 0) is 0 Å². The van der Waals surface area contributed by atoms with E-state index in [-0.39, 0.29) is 0 Å². The first kappa shape index (κ1) is 17.0. The Hall–Kier alpha value is -0.0800. The summed E-state index contributed by atoms with van der Waals surface area (Å²) >= 11 is 0. The molecule has 114 valence electrons. The van der Waals surface area contributed by atoms with E-state index in [1.54, 1.807) is 0 Å². The van der Waals surface area contributed by atoms with E-state index in [0.717, 1.165) is 12.5 Å². The van der Waals surface area contributed by atoms with Crippen molar-refractivity contribution in [1.82, 2.24) is 10.2 Å². The third-order valence-corrected chi connectivity index (χ3v) is 4.89. The van der Waals surface area contributed by atoms with Crippen LogP contribution in [0.4, 0.5) is 0 Å². The van der Waals surface area contributed by atoms with Crippen molar-refractivity contribution in [3.05, 3.63) is 0 Å². The molecule has 2 heteroatoms. The Kier molecular flexibility index (Phi) is 5.88. The normalized spacial score (nSPS) is 24.9. The second kappa shape index (κ2) is 6.58. The first-order valence-electron chi connectivity index (χ1n) is 8.12. The van der Waals surface area contributed by atoms with Gasteiger partial charge in [-0.05, 0) is 36.1 Å². The molecule has 0 radical (unpaired) electrons. The van der Waals surface area contributed by atoms with Gasteiger partial charge >= 0.3 is 0 Å². The minimum absolute atomic E-state index is 0.414. The summed E-state index contributed by atoms with van der Waals surface area (Å²) in [5.41, 5.74) is 0.880. The molecule has 0 spiro atoms. The van der Waals surface area contributed by atoms with Crippen molar-refractivity contribution >= 4 is 0 Å². The van der Waals surface area contributed by atoms with Crippen molar-refractivity contribution < 1.29 is 0 Å².